The van der Waals surface area contributed by atoms with E-state index in [0.717, 1.165) is 0 Å². The molecule has 0 saturated heterocycles. The Morgan fingerprint density at radius 3 is 0.889 bits per heavy atom. The fourth-order valence-electron chi connectivity index (χ4n) is 0. The first-order chi connectivity index (χ1) is 2.00. The summed E-state index contributed by atoms with van der Waals surface area (Å²) in [6.07, 6.45) is 0. The van der Waals surface area contributed by atoms with Crippen molar-refractivity contribution in [3.8, 4) is 0 Å². The standard InChI is InChI=1S/2Mg.H3O4P.2H2O.4H/c;;1-5(2,3)4;;;;;;/h;;(H3,1,2,3,4);2*1H2;;;;. The van der Waals surface area contributed by atoms with Crippen LogP contribution in [0.5, 0.6) is 0 Å². The molecule has 0 aliphatic rings. The zero-order valence-corrected chi connectivity index (χ0v) is 4.09. The van der Waals surface area contributed by atoms with E-state index in [9.17, 15) is 0 Å². The van der Waals surface area contributed by atoms with Crippen LogP contribution in [0.3, 0.4) is 0 Å². The molecular weight excluding hydrogens is 176 g/mol. The first-order valence-electron chi connectivity index (χ1n) is 0.783. The highest BCUT2D eigenvalue weighted by molar-refractivity contribution is 7.45. The Morgan fingerprint density at radius 1 is 0.889 bits per heavy atom. The third-order valence-electron chi connectivity index (χ3n) is 0. The summed E-state index contributed by atoms with van der Waals surface area (Å²) in [6.45, 7) is 0. The highest BCUT2D eigenvalue weighted by atomic mass is 31.2. The van der Waals surface area contributed by atoms with Crippen LogP contribution >= 0.6 is 7.82 Å². The van der Waals surface area contributed by atoms with E-state index in [2.05, 4.69) is 0 Å². The highest BCUT2D eigenvalue weighted by Crippen LogP contribution is 2.25. The molecule has 9 heteroatoms. The van der Waals surface area contributed by atoms with Gasteiger partial charge in [-0.3, -0.25) is 0 Å². The maximum atomic E-state index is 8.88. The van der Waals surface area contributed by atoms with Crippen molar-refractivity contribution in [1.82, 2.24) is 0 Å². The lowest BCUT2D eigenvalue weighted by Gasteiger charge is -1.82. The SMILES string of the molecule is O.O.O=P(O)(O)O.[MgH2].[MgH2]. The summed E-state index contributed by atoms with van der Waals surface area (Å²) in [5, 5.41) is 0. The van der Waals surface area contributed by atoms with E-state index >= 15 is 0 Å². The summed E-state index contributed by atoms with van der Waals surface area (Å²) in [4.78, 5) is 21.6. The molecule has 9 heavy (non-hydrogen) atoms. The number of phosphoric acid groups is 1. The molecule has 0 amide bonds. The van der Waals surface area contributed by atoms with Gasteiger partial charge in [-0.05, 0) is 0 Å². The predicted octanol–water partition coefficient (Wildman–Crippen LogP) is -4.41. The minimum absolute atomic E-state index is 0. The molecule has 0 unspecified atom stereocenters. The molecule has 0 aromatic heterocycles. The number of hydrogen-bond donors (Lipinski definition) is 3. The third-order valence-corrected chi connectivity index (χ3v) is 0. The maximum Gasteiger partial charge on any atom is 0.466 e. The lowest BCUT2D eigenvalue weighted by Crippen LogP contribution is -1.66. The van der Waals surface area contributed by atoms with Crippen LogP contribution in [0.4, 0.5) is 0 Å². The summed E-state index contributed by atoms with van der Waals surface area (Å²) in [5.41, 5.74) is 0. The second-order valence-corrected chi connectivity index (χ2v) is 1.54. The van der Waals surface area contributed by atoms with E-state index in [-0.39, 0.29) is 57.1 Å². The lowest BCUT2D eigenvalue weighted by atomic mass is 15.8. The smallest absolute Gasteiger partial charge is 0.412 e. The van der Waals surface area contributed by atoms with Crippen LogP contribution in [-0.4, -0.2) is 71.7 Å². The van der Waals surface area contributed by atoms with Gasteiger partial charge in [-0.25, -0.2) is 4.57 Å². The van der Waals surface area contributed by atoms with E-state index in [4.69, 9.17) is 19.2 Å². The Balaban J connectivity index is -0.0000000133. The Kier molecular flexibility index (Phi) is 42.5. The van der Waals surface area contributed by atoms with Crippen molar-refractivity contribution in [1.29, 1.82) is 0 Å². The Labute approximate surface area is 83.8 Å². The van der Waals surface area contributed by atoms with E-state index in [0.29, 0.717) is 0 Å². The van der Waals surface area contributed by atoms with Gasteiger partial charge in [-0.2, -0.15) is 0 Å². The summed E-state index contributed by atoms with van der Waals surface area (Å²) < 4.78 is 8.88. The summed E-state index contributed by atoms with van der Waals surface area (Å²) >= 11 is 0. The van der Waals surface area contributed by atoms with Crippen LogP contribution in [0.15, 0.2) is 0 Å². The maximum absolute atomic E-state index is 8.88. The van der Waals surface area contributed by atoms with Crippen LogP contribution in [0, 0.1) is 0 Å². The third kappa shape index (κ3) is 224. The van der Waals surface area contributed by atoms with E-state index in [1.807, 2.05) is 0 Å². The Bertz CT molecular complexity index is 57.2. The van der Waals surface area contributed by atoms with Gasteiger partial charge in [-0.15, -0.1) is 0 Å². The first kappa shape index (κ1) is 31.2. The largest absolute Gasteiger partial charge is 0.466 e. The second-order valence-electron chi connectivity index (χ2n) is 0.513. The van der Waals surface area contributed by atoms with Crippen molar-refractivity contribution in [2.75, 3.05) is 0 Å². The van der Waals surface area contributed by atoms with Gasteiger partial charge in [0, 0.05) is 0 Å². The van der Waals surface area contributed by atoms with Gasteiger partial charge >= 0.3 is 53.9 Å². The van der Waals surface area contributed by atoms with E-state index < -0.39 is 7.82 Å². The van der Waals surface area contributed by atoms with Crippen molar-refractivity contribution in [2.45, 2.75) is 0 Å². The molecule has 0 radical (unpaired) electrons. The fraction of sp³-hybridized carbons (Fsp3) is 0. The van der Waals surface area contributed by atoms with Gasteiger partial charge < -0.3 is 25.6 Å². The van der Waals surface area contributed by atoms with Crippen molar-refractivity contribution in [3.05, 3.63) is 0 Å². The first-order valence-corrected chi connectivity index (χ1v) is 2.35. The molecule has 0 aromatic carbocycles. The molecule has 0 aliphatic heterocycles. The highest BCUT2D eigenvalue weighted by Gasteiger charge is 2.00. The minimum Gasteiger partial charge on any atom is -0.412 e. The molecule has 0 rings (SSSR count). The molecule has 0 saturated carbocycles. The fourth-order valence-corrected chi connectivity index (χ4v) is 0. The molecule has 0 heterocycles. The van der Waals surface area contributed by atoms with Crippen LogP contribution in [0.25, 0.3) is 0 Å². The van der Waals surface area contributed by atoms with Gasteiger partial charge in [-0.1, -0.05) is 0 Å². The molecule has 0 aromatic rings. The van der Waals surface area contributed by atoms with Crippen molar-refractivity contribution >= 4 is 53.9 Å². The molecule has 6 nitrogen and oxygen atoms in total. The minimum atomic E-state index is -4.64. The summed E-state index contributed by atoms with van der Waals surface area (Å²) in [7, 11) is -4.64. The predicted molar refractivity (Wildman–Crippen MR) is 38.6 cm³/mol. The Hall–Kier alpha value is 1.56. The van der Waals surface area contributed by atoms with Crippen molar-refractivity contribution in [3.63, 3.8) is 0 Å². The van der Waals surface area contributed by atoms with Crippen LogP contribution in [0.2, 0.25) is 0 Å². The topological polar surface area (TPSA) is 141 Å². The number of rotatable bonds is 0. The van der Waals surface area contributed by atoms with E-state index in [1.165, 1.54) is 0 Å². The van der Waals surface area contributed by atoms with Crippen LogP contribution in [0.1, 0.15) is 0 Å². The quantitative estimate of drug-likeness (QED) is 0.259. The van der Waals surface area contributed by atoms with Gasteiger partial charge in [0.25, 0.3) is 0 Å². The zero-order chi connectivity index (χ0) is 4.50. The summed E-state index contributed by atoms with van der Waals surface area (Å²) in [6, 6.07) is 0. The van der Waals surface area contributed by atoms with Gasteiger partial charge in [0.1, 0.15) is 0 Å². The molecule has 0 spiro atoms. The van der Waals surface area contributed by atoms with Crippen molar-refractivity contribution in [2.24, 2.45) is 0 Å². The molecule has 56 valence electrons. The average molecular weight is 187 g/mol. The number of hydrogen-bond acceptors (Lipinski definition) is 1. The normalized spacial score (nSPS) is 6.56. The molecule has 0 fully saturated rings. The molecule has 0 atom stereocenters. The van der Waals surface area contributed by atoms with E-state index in [1.54, 1.807) is 0 Å². The summed E-state index contributed by atoms with van der Waals surface area (Å²) in [5.74, 6) is 0. The van der Waals surface area contributed by atoms with Gasteiger partial charge in [0.2, 0.25) is 0 Å². The van der Waals surface area contributed by atoms with Gasteiger partial charge in [0.05, 0.1) is 0 Å². The van der Waals surface area contributed by atoms with Gasteiger partial charge in [0.15, 0.2) is 0 Å². The molecular formula is H11Mg2O6P. The van der Waals surface area contributed by atoms with Crippen molar-refractivity contribution < 1.29 is 30.2 Å². The molecule has 0 bridgehead atoms. The Morgan fingerprint density at radius 2 is 0.889 bits per heavy atom. The lowest BCUT2D eigenvalue weighted by molar-refractivity contribution is 0.275. The van der Waals surface area contributed by atoms with Crippen LogP contribution < -0.4 is 0 Å². The van der Waals surface area contributed by atoms with Crippen LogP contribution in [-0.2, 0) is 4.57 Å². The second kappa shape index (κ2) is 12.3. The molecule has 0 aliphatic carbocycles. The molecule has 7 N–H and O–H groups in total. The monoisotopic (exact) mass is 186 g/mol. The average Bonchev–Trinajstić information content (AvgIpc) is 0.722. The zero-order valence-electron chi connectivity index (χ0n) is 3.20.